The molecular formula is C70H40. The lowest BCUT2D eigenvalue weighted by Gasteiger charge is -2.21. The Kier molecular flexibility index (Phi) is 7.70. The Morgan fingerprint density at radius 1 is 0.157 bits per heavy atom. The van der Waals surface area contributed by atoms with E-state index in [4.69, 9.17) is 0 Å². The Labute approximate surface area is 404 Å². The third kappa shape index (κ3) is 5.04. The number of hydrogen-bond acceptors (Lipinski definition) is 0. The van der Waals surface area contributed by atoms with Crippen LogP contribution in [-0.4, -0.2) is 0 Å². The topological polar surface area (TPSA) is 0 Å². The van der Waals surface area contributed by atoms with Crippen LogP contribution in [-0.2, 0) is 0 Å². The van der Waals surface area contributed by atoms with Crippen molar-refractivity contribution in [1.82, 2.24) is 0 Å². The molecule has 0 amide bonds. The fraction of sp³-hybridized carbons (Fsp3) is 0. The van der Waals surface area contributed by atoms with Gasteiger partial charge in [-0.2, -0.15) is 0 Å². The van der Waals surface area contributed by atoms with Gasteiger partial charge in [-0.1, -0.05) is 224 Å². The minimum atomic E-state index is 1.22. The molecule has 0 heterocycles. The third-order valence-electron chi connectivity index (χ3n) is 15.8. The standard InChI is InChI=1S/C70H40/c1-6-18-41(19-7-1)47-32-33-50-57(38-47)62(44-22-10-3-11-23-44)70-54-37-35-49-56-40-59-58(39-55(56)48-34-36-53(66(54)65(48)49)69(70)61(50)43-20-8-2-9-21-43)63(45-24-12-4-13-25-45)67-51-30-16-28-42-29-17-31-52(60(42)51)68(67)64(59)46-26-14-5-15-27-46/h1-40H. The van der Waals surface area contributed by atoms with E-state index in [9.17, 15) is 0 Å². The van der Waals surface area contributed by atoms with E-state index in [-0.39, 0.29) is 0 Å². The summed E-state index contributed by atoms with van der Waals surface area (Å²) < 4.78 is 0. The maximum absolute atomic E-state index is 2.56. The molecule has 0 fully saturated rings. The van der Waals surface area contributed by atoms with Crippen LogP contribution in [0.2, 0.25) is 0 Å². The summed E-state index contributed by atoms with van der Waals surface area (Å²) in [6, 6.07) is 91.2. The monoisotopic (exact) mass is 880 g/mol. The van der Waals surface area contributed by atoms with Crippen LogP contribution in [0.25, 0.3) is 164 Å². The molecule has 0 aliphatic heterocycles. The summed E-state index contributed by atoms with van der Waals surface area (Å²) in [7, 11) is 0. The van der Waals surface area contributed by atoms with Gasteiger partial charge in [0.1, 0.15) is 0 Å². The second kappa shape index (κ2) is 14.2. The number of benzene rings is 13. The highest BCUT2D eigenvalue weighted by Crippen LogP contribution is 2.61. The quantitative estimate of drug-likeness (QED) is 0.162. The van der Waals surface area contributed by atoms with Gasteiger partial charge in [-0.05, 0) is 182 Å². The Morgan fingerprint density at radius 2 is 0.557 bits per heavy atom. The van der Waals surface area contributed by atoms with E-state index in [1.165, 1.54) is 164 Å². The second-order valence-corrected chi connectivity index (χ2v) is 19.3. The summed E-state index contributed by atoms with van der Waals surface area (Å²) in [5.41, 5.74) is 17.9. The maximum Gasteiger partial charge on any atom is -0.000740 e. The predicted molar refractivity (Wildman–Crippen MR) is 300 cm³/mol. The number of rotatable bonds is 5. The van der Waals surface area contributed by atoms with Gasteiger partial charge >= 0.3 is 0 Å². The molecule has 0 spiro atoms. The summed E-state index contributed by atoms with van der Waals surface area (Å²) in [4.78, 5) is 0. The maximum atomic E-state index is 2.56. The number of hydrogen-bond donors (Lipinski definition) is 0. The van der Waals surface area contributed by atoms with Crippen LogP contribution in [0.3, 0.4) is 0 Å². The van der Waals surface area contributed by atoms with Crippen molar-refractivity contribution >= 4 is 86.2 Å². The molecule has 0 unspecified atom stereocenters. The summed E-state index contributed by atoms with van der Waals surface area (Å²) in [5, 5.41) is 21.0. The van der Waals surface area contributed by atoms with Gasteiger partial charge in [0, 0.05) is 0 Å². The van der Waals surface area contributed by atoms with Gasteiger partial charge in [0.15, 0.2) is 0 Å². The smallest absolute Gasteiger partial charge is 0.000740 e. The molecule has 0 nitrogen and oxygen atoms in total. The first-order valence-electron chi connectivity index (χ1n) is 24.5. The second-order valence-electron chi connectivity index (χ2n) is 19.3. The third-order valence-corrected chi connectivity index (χ3v) is 15.8. The molecule has 0 saturated carbocycles. The van der Waals surface area contributed by atoms with E-state index in [2.05, 4.69) is 243 Å². The zero-order chi connectivity index (χ0) is 45.6. The predicted octanol–water partition coefficient (Wildman–Crippen LogP) is 19.8. The zero-order valence-corrected chi connectivity index (χ0v) is 38.1. The molecule has 0 heteroatoms. The largest absolute Gasteiger partial charge is 0.0622 e. The van der Waals surface area contributed by atoms with Gasteiger partial charge in [0.2, 0.25) is 0 Å². The van der Waals surface area contributed by atoms with Crippen molar-refractivity contribution in [3.05, 3.63) is 243 Å². The van der Waals surface area contributed by atoms with E-state index < -0.39 is 0 Å². The van der Waals surface area contributed by atoms with Gasteiger partial charge in [0.05, 0.1) is 0 Å². The number of fused-ring (bicyclic) bond motifs is 11. The van der Waals surface area contributed by atoms with Gasteiger partial charge in [-0.25, -0.2) is 0 Å². The SMILES string of the molecule is c1ccc(-c2ccc3c(-c4ccccc4)c4c(c(-c5ccccc5)c3c2)-c2ccc3c5cc6c(-c7ccccc7)c7c8cccc9cccc(c7c(-c7ccccc7)c6cc5c5ccc-4c2c53)c98)cc1. The summed E-state index contributed by atoms with van der Waals surface area (Å²) in [6.45, 7) is 0. The van der Waals surface area contributed by atoms with E-state index in [0.29, 0.717) is 0 Å². The van der Waals surface area contributed by atoms with Crippen molar-refractivity contribution in [1.29, 1.82) is 0 Å². The first-order valence-corrected chi connectivity index (χ1v) is 24.5. The fourth-order valence-electron chi connectivity index (χ4n) is 13.1. The van der Waals surface area contributed by atoms with Crippen molar-refractivity contribution in [2.45, 2.75) is 0 Å². The van der Waals surface area contributed by atoms with Crippen molar-refractivity contribution in [2.24, 2.45) is 0 Å². The molecule has 0 atom stereocenters. The van der Waals surface area contributed by atoms with Crippen LogP contribution in [0.1, 0.15) is 0 Å². The average molecular weight is 881 g/mol. The van der Waals surface area contributed by atoms with E-state index in [0.717, 1.165) is 0 Å². The Bertz CT molecular complexity index is 4480. The molecule has 15 aromatic carbocycles. The van der Waals surface area contributed by atoms with Crippen molar-refractivity contribution < 1.29 is 0 Å². The molecule has 0 saturated heterocycles. The molecule has 0 N–H and O–H groups in total. The van der Waals surface area contributed by atoms with E-state index in [1.807, 2.05) is 0 Å². The lowest BCUT2D eigenvalue weighted by atomic mass is 9.82. The Hall–Kier alpha value is -9.10. The van der Waals surface area contributed by atoms with Crippen molar-refractivity contribution in [3.63, 3.8) is 0 Å². The van der Waals surface area contributed by atoms with Crippen LogP contribution in [0.4, 0.5) is 0 Å². The summed E-state index contributed by atoms with van der Waals surface area (Å²) in [6.07, 6.45) is 0. The highest BCUT2D eigenvalue weighted by molar-refractivity contribution is 6.43. The first kappa shape index (κ1) is 37.9. The molecule has 16 rings (SSSR count). The summed E-state index contributed by atoms with van der Waals surface area (Å²) in [5.74, 6) is 0. The highest BCUT2D eigenvalue weighted by atomic mass is 14.4. The molecule has 320 valence electrons. The van der Waals surface area contributed by atoms with E-state index >= 15 is 0 Å². The lowest BCUT2D eigenvalue weighted by molar-refractivity contribution is 1.61. The van der Waals surface area contributed by atoms with Gasteiger partial charge in [-0.3, -0.25) is 0 Å². The van der Waals surface area contributed by atoms with Crippen molar-refractivity contribution in [3.8, 4) is 77.9 Å². The molecular weight excluding hydrogens is 841 g/mol. The molecule has 1 aliphatic rings. The average Bonchev–Trinajstić information content (AvgIpc) is 4.06. The molecule has 0 bridgehead atoms. The van der Waals surface area contributed by atoms with Crippen LogP contribution < -0.4 is 0 Å². The minimum Gasteiger partial charge on any atom is -0.0622 e. The molecule has 1 aliphatic carbocycles. The Morgan fingerprint density at radius 3 is 1.03 bits per heavy atom. The van der Waals surface area contributed by atoms with Crippen LogP contribution in [0.15, 0.2) is 243 Å². The molecule has 70 heavy (non-hydrogen) atoms. The molecule has 0 aromatic heterocycles. The zero-order valence-electron chi connectivity index (χ0n) is 38.1. The molecule has 15 aromatic rings. The highest BCUT2D eigenvalue weighted by Gasteiger charge is 2.33. The molecule has 0 radical (unpaired) electrons. The van der Waals surface area contributed by atoms with Crippen LogP contribution in [0, 0.1) is 0 Å². The van der Waals surface area contributed by atoms with Gasteiger partial charge in [0.25, 0.3) is 0 Å². The van der Waals surface area contributed by atoms with E-state index in [1.54, 1.807) is 0 Å². The first-order chi connectivity index (χ1) is 34.8. The van der Waals surface area contributed by atoms with Crippen LogP contribution >= 0.6 is 0 Å². The lowest BCUT2D eigenvalue weighted by Crippen LogP contribution is -1.94. The minimum absolute atomic E-state index is 1.22. The van der Waals surface area contributed by atoms with Gasteiger partial charge < -0.3 is 0 Å². The van der Waals surface area contributed by atoms with Crippen molar-refractivity contribution in [2.75, 3.05) is 0 Å². The van der Waals surface area contributed by atoms with Crippen LogP contribution in [0.5, 0.6) is 0 Å². The fourth-order valence-corrected chi connectivity index (χ4v) is 13.1. The van der Waals surface area contributed by atoms with Gasteiger partial charge in [-0.15, -0.1) is 0 Å². The Balaban J connectivity index is 1.08. The normalized spacial score (nSPS) is 12.3. The summed E-state index contributed by atoms with van der Waals surface area (Å²) >= 11 is 0.